The summed E-state index contributed by atoms with van der Waals surface area (Å²) >= 11 is 0. The molecular formula is C22H24N6O. The van der Waals surface area contributed by atoms with Gasteiger partial charge in [0.05, 0.1) is 0 Å². The topological polar surface area (TPSA) is 74.2 Å². The first-order chi connectivity index (χ1) is 14.2. The van der Waals surface area contributed by atoms with Crippen molar-refractivity contribution < 1.29 is 4.79 Å². The number of anilines is 3. The van der Waals surface area contributed by atoms with Crippen molar-refractivity contribution in [3.05, 3.63) is 72.2 Å². The SMILES string of the molecule is CCc1ccc(NC(=O)c2ccnc(N3CCN(c4ccccn4)CC3)n2)cc1. The van der Waals surface area contributed by atoms with Crippen LogP contribution in [0.25, 0.3) is 0 Å². The average molecular weight is 388 g/mol. The Morgan fingerprint density at radius 3 is 2.38 bits per heavy atom. The maximum Gasteiger partial charge on any atom is 0.274 e. The lowest BCUT2D eigenvalue weighted by molar-refractivity contribution is 0.102. The predicted octanol–water partition coefficient (Wildman–Crippen LogP) is 3.01. The van der Waals surface area contributed by atoms with E-state index in [1.165, 1.54) is 5.56 Å². The van der Waals surface area contributed by atoms with Gasteiger partial charge in [0.2, 0.25) is 5.95 Å². The number of hydrogen-bond acceptors (Lipinski definition) is 6. The lowest BCUT2D eigenvalue weighted by atomic mass is 10.1. The fourth-order valence-electron chi connectivity index (χ4n) is 3.32. The van der Waals surface area contributed by atoms with E-state index < -0.39 is 0 Å². The minimum atomic E-state index is -0.231. The minimum absolute atomic E-state index is 0.231. The highest BCUT2D eigenvalue weighted by atomic mass is 16.1. The van der Waals surface area contributed by atoms with Crippen molar-refractivity contribution >= 4 is 23.4 Å². The van der Waals surface area contributed by atoms with Crippen LogP contribution in [0.4, 0.5) is 17.5 Å². The fraction of sp³-hybridized carbons (Fsp3) is 0.273. The van der Waals surface area contributed by atoms with Gasteiger partial charge in [-0.05, 0) is 42.3 Å². The Hall–Kier alpha value is -3.48. The second-order valence-electron chi connectivity index (χ2n) is 6.91. The van der Waals surface area contributed by atoms with Crippen molar-refractivity contribution in [1.29, 1.82) is 0 Å². The largest absolute Gasteiger partial charge is 0.353 e. The molecule has 29 heavy (non-hydrogen) atoms. The molecule has 1 aliphatic rings. The van der Waals surface area contributed by atoms with Gasteiger partial charge in [-0.3, -0.25) is 4.79 Å². The molecule has 4 rings (SSSR count). The number of aromatic nitrogens is 3. The number of rotatable bonds is 5. The number of hydrogen-bond donors (Lipinski definition) is 1. The van der Waals surface area contributed by atoms with Gasteiger partial charge in [-0.2, -0.15) is 0 Å². The molecule has 2 aromatic heterocycles. The van der Waals surface area contributed by atoms with Gasteiger partial charge in [0.25, 0.3) is 5.91 Å². The Morgan fingerprint density at radius 1 is 0.931 bits per heavy atom. The molecule has 0 spiro atoms. The number of carbonyl (C=O) groups excluding carboxylic acids is 1. The van der Waals surface area contributed by atoms with Crippen molar-refractivity contribution in [2.75, 3.05) is 41.3 Å². The first kappa shape index (κ1) is 18.9. The number of aryl methyl sites for hydroxylation is 1. The van der Waals surface area contributed by atoms with Gasteiger partial charge in [0.15, 0.2) is 0 Å². The summed E-state index contributed by atoms with van der Waals surface area (Å²) in [6.07, 6.45) is 4.42. The summed E-state index contributed by atoms with van der Waals surface area (Å²) in [5.74, 6) is 1.33. The van der Waals surface area contributed by atoms with Crippen LogP contribution in [-0.2, 0) is 6.42 Å². The van der Waals surface area contributed by atoms with E-state index in [0.29, 0.717) is 11.6 Å². The van der Waals surface area contributed by atoms with Gasteiger partial charge in [0, 0.05) is 44.3 Å². The molecule has 0 unspecified atom stereocenters. The summed E-state index contributed by atoms with van der Waals surface area (Å²) in [5, 5.41) is 2.90. The Morgan fingerprint density at radius 2 is 1.69 bits per heavy atom. The number of piperazine rings is 1. The van der Waals surface area contributed by atoms with Crippen LogP contribution in [0.1, 0.15) is 23.0 Å². The molecule has 0 saturated carbocycles. The lowest BCUT2D eigenvalue weighted by Crippen LogP contribution is -2.47. The van der Waals surface area contributed by atoms with Crippen molar-refractivity contribution in [2.45, 2.75) is 13.3 Å². The summed E-state index contributed by atoms with van der Waals surface area (Å²) in [7, 11) is 0. The molecule has 3 aromatic rings. The van der Waals surface area contributed by atoms with Crippen molar-refractivity contribution in [2.24, 2.45) is 0 Å². The number of amides is 1. The Labute approximate surface area is 170 Å². The van der Waals surface area contributed by atoms with E-state index in [1.807, 2.05) is 48.7 Å². The number of nitrogens with zero attached hydrogens (tertiary/aromatic N) is 5. The Bertz CT molecular complexity index is 953. The number of carbonyl (C=O) groups is 1. The Balaban J connectivity index is 1.40. The predicted molar refractivity (Wildman–Crippen MR) is 114 cm³/mol. The van der Waals surface area contributed by atoms with E-state index in [1.54, 1.807) is 12.3 Å². The summed E-state index contributed by atoms with van der Waals surface area (Å²) in [4.78, 5) is 30.2. The molecule has 1 aliphatic heterocycles. The molecule has 7 nitrogen and oxygen atoms in total. The maximum atomic E-state index is 12.6. The monoisotopic (exact) mass is 388 g/mol. The zero-order chi connectivity index (χ0) is 20.1. The molecular weight excluding hydrogens is 364 g/mol. The van der Waals surface area contributed by atoms with Crippen LogP contribution in [-0.4, -0.2) is 47.0 Å². The van der Waals surface area contributed by atoms with Crippen molar-refractivity contribution in [3.8, 4) is 0 Å². The van der Waals surface area contributed by atoms with E-state index in [0.717, 1.165) is 44.1 Å². The van der Waals surface area contributed by atoms with Gasteiger partial charge in [-0.25, -0.2) is 15.0 Å². The second-order valence-corrected chi connectivity index (χ2v) is 6.91. The first-order valence-electron chi connectivity index (χ1n) is 9.87. The molecule has 1 aromatic carbocycles. The zero-order valence-corrected chi connectivity index (χ0v) is 16.5. The van der Waals surface area contributed by atoms with E-state index in [4.69, 9.17) is 0 Å². The lowest BCUT2D eigenvalue weighted by Gasteiger charge is -2.35. The van der Waals surface area contributed by atoms with Gasteiger partial charge in [0.1, 0.15) is 11.5 Å². The molecule has 148 valence electrons. The van der Waals surface area contributed by atoms with Crippen molar-refractivity contribution in [1.82, 2.24) is 15.0 Å². The van der Waals surface area contributed by atoms with Crippen LogP contribution in [0.3, 0.4) is 0 Å². The second kappa shape index (κ2) is 8.68. The van der Waals surface area contributed by atoms with Crippen LogP contribution in [0.2, 0.25) is 0 Å². The third-order valence-electron chi connectivity index (χ3n) is 5.03. The van der Waals surface area contributed by atoms with Gasteiger partial charge in [-0.1, -0.05) is 25.1 Å². The maximum absolute atomic E-state index is 12.6. The molecule has 0 radical (unpaired) electrons. The van der Waals surface area contributed by atoms with E-state index in [9.17, 15) is 4.79 Å². The van der Waals surface area contributed by atoms with E-state index in [2.05, 4.69) is 37.0 Å². The molecule has 1 amide bonds. The van der Waals surface area contributed by atoms with Gasteiger partial charge < -0.3 is 15.1 Å². The summed E-state index contributed by atoms with van der Waals surface area (Å²) in [6.45, 7) is 5.33. The molecule has 0 bridgehead atoms. The zero-order valence-electron chi connectivity index (χ0n) is 16.5. The van der Waals surface area contributed by atoms with Crippen LogP contribution >= 0.6 is 0 Å². The standard InChI is InChI=1S/C22H24N6O/c1-2-17-6-8-18(9-7-17)25-21(29)19-10-12-24-22(26-19)28-15-13-27(14-16-28)20-5-3-4-11-23-20/h3-12H,2,13-16H2,1H3,(H,25,29). The normalized spacial score (nSPS) is 14.0. The van der Waals surface area contributed by atoms with Gasteiger partial charge >= 0.3 is 0 Å². The van der Waals surface area contributed by atoms with Gasteiger partial charge in [-0.15, -0.1) is 0 Å². The molecule has 7 heteroatoms. The number of nitrogens with one attached hydrogen (secondary N) is 1. The highest BCUT2D eigenvalue weighted by Crippen LogP contribution is 2.17. The summed E-state index contributed by atoms with van der Waals surface area (Å²) in [6, 6.07) is 15.4. The number of pyridine rings is 1. The van der Waals surface area contributed by atoms with Crippen LogP contribution in [0.5, 0.6) is 0 Å². The van der Waals surface area contributed by atoms with E-state index >= 15 is 0 Å². The quantitative estimate of drug-likeness (QED) is 0.724. The molecule has 0 atom stereocenters. The highest BCUT2D eigenvalue weighted by Gasteiger charge is 2.20. The van der Waals surface area contributed by atoms with Crippen molar-refractivity contribution in [3.63, 3.8) is 0 Å². The van der Waals surface area contributed by atoms with E-state index in [-0.39, 0.29) is 5.91 Å². The Kier molecular flexibility index (Phi) is 5.65. The minimum Gasteiger partial charge on any atom is -0.353 e. The average Bonchev–Trinajstić information content (AvgIpc) is 2.80. The van der Waals surface area contributed by atoms with Crippen LogP contribution < -0.4 is 15.1 Å². The summed E-state index contributed by atoms with van der Waals surface area (Å²) in [5.41, 5.74) is 2.36. The fourth-order valence-corrected chi connectivity index (χ4v) is 3.32. The molecule has 1 N–H and O–H groups in total. The number of benzene rings is 1. The summed E-state index contributed by atoms with van der Waals surface area (Å²) < 4.78 is 0. The molecule has 1 saturated heterocycles. The van der Waals surface area contributed by atoms with Crippen LogP contribution in [0, 0.1) is 0 Å². The molecule has 0 aliphatic carbocycles. The van der Waals surface area contributed by atoms with Crippen LogP contribution in [0.15, 0.2) is 60.9 Å². The third kappa shape index (κ3) is 4.51. The third-order valence-corrected chi connectivity index (χ3v) is 5.03. The smallest absolute Gasteiger partial charge is 0.274 e. The highest BCUT2D eigenvalue weighted by molar-refractivity contribution is 6.02. The molecule has 1 fully saturated rings. The molecule has 3 heterocycles. The first-order valence-corrected chi connectivity index (χ1v) is 9.87.